The fourth-order valence-electron chi connectivity index (χ4n) is 6.36. The van der Waals surface area contributed by atoms with E-state index >= 15 is 0 Å². The lowest BCUT2D eigenvalue weighted by Crippen LogP contribution is -2.54. The number of carbonyl (C=O) groups is 1. The fraction of sp³-hybridized carbons (Fsp3) is 0.944. The van der Waals surface area contributed by atoms with E-state index in [1.165, 1.54) is 57.8 Å². The predicted octanol–water partition coefficient (Wildman–Crippen LogP) is 2.69. The molecule has 5 saturated carbocycles. The molecule has 5 fully saturated rings. The molecule has 5 rings (SSSR count). The smallest absolute Gasteiger partial charge is 0.223 e. The number of nitrogens with two attached hydrogens (primary N) is 1. The van der Waals surface area contributed by atoms with E-state index in [1.54, 1.807) is 0 Å². The molecule has 118 valence electrons. The lowest BCUT2D eigenvalue weighted by atomic mass is 9.51. The summed E-state index contributed by atoms with van der Waals surface area (Å²) in [5.41, 5.74) is 5.96. The van der Waals surface area contributed by atoms with Gasteiger partial charge in [0.2, 0.25) is 5.91 Å². The summed E-state index contributed by atoms with van der Waals surface area (Å²) >= 11 is 0. The van der Waals surface area contributed by atoms with Crippen LogP contribution in [0.25, 0.3) is 0 Å². The van der Waals surface area contributed by atoms with E-state index < -0.39 is 0 Å². The number of nitrogens with one attached hydrogen (secondary N) is 1. The molecule has 3 N–H and O–H groups in total. The van der Waals surface area contributed by atoms with E-state index in [0.29, 0.717) is 36.1 Å². The fourth-order valence-corrected chi connectivity index (χ4v) is 6.36. The average Bonchev–Trinajstić information content (AvgIpc) is 2.97. The Morgan fingerprint density at radius 1 is 1.00 bits per heavy atom. The van der Waals surface area contributed by atoms with Crippen LogP contribution in [0.15, 0.2) is 0 Å². The summed E-state index contributed by atoms with van der Waals surface area (Å²) in [5, 5.41) is 3.37. The van der Waals surface area contributed by atoms with Crippen molar-refractivity contribution in [2.45, 2.75) is 63.8 Å². The molecule has 5 aliphatic rings. The molecule has 0 aromatic rings. The lowest BCUT2D eigenvalue weighted by Gasteiger charge is -2.53. The first kappa shape index (κ1) is 14.0. The van der Waals surface area contributed by atoms with Crippen molar-refractivity contribution in [3.63, 3.8) is 0 Å². The van der Waals surface area contributed by atoms with Gasteiger partial charge < -0.3 is 11.1 Å². The SMILES string of the molecule is NCC(NC(=O)C1C2CC3CC(C2)CC1C3)C1CCCC1. The second kappa shape index (κ2) is 5.57. The summed E-state index contributed by atoms with van der Waals surface area (Å²) in [5.74, 6) is 4.55. The lowest BCUT2D eigenvalue weighted by molar-refractivity contribution is -0.139. The summed E-state index contributed by atoms with van der Waals surface area (Å²) in [7, 11) is 0. The molecule has 21 heavy (non-hydrogen) atoms. The number of amides is 1. The molecule has 0 aromatic heterocycles. The minimum atomic E-state index is 0.234. The zero-order valence-electron chi connectivity index (χ0n) is 13.1. The largest absolute Gasteiger partial charge is 0.352 e. The molecule has 0 radical (unpaired) electrons. The number of hydrogen-bond donors (Lipinski definition) is 2. The predicted molar refractivity (Wildman–Crippen MR) is 83.5 cm³/mol. The topological polar surface area (TPSA) is 55.1 Å². The molecule has 0 saturated heterocycles. The van der Waals surface area contributed by atoms with E-state index in [9.17, 15) is 4.79 Å². The number of carbonyl (C=O) groups excluding carboxylic acids is 1. The van der Waals surface area contributed by atoms with Gasteiger partial charge in [-0.25, -0.2) is 0 Å². The van der Waals surface area contributed by atoms with Gasteiger partial charge in [0.05, 0.1) is 0 Å². The van der Waals surface area contributed by atoms with Gasteiger partial charge in [-0.1, -0.05) is 12.8 Å². The highest BCUT2D eigenvalue weighted by molar-refractivity contribution is 5.80. The van der Waals surface area contributed by atoms with Crippen molar-refractivity contribution in [1.82, 2.24) is 5.32 Å². The molecular formula is C18H30N2O. The Bertz CT molecular complexity index is 374. The molecule has 1 amide bonds. The molecule has 3 nitrogen and oxygen atoms in total. The summed E-state index contributed by atoms with van der Waals surface area (Å²) in [4.78, 5) is 12.9. The van der Waals surface area contributed by atoms with E-state index in [0.717, 1.165) is 11.8 Å². The van der Waals surface area contributed by atoms with Gasteiger partial charge >= 0.3 is 0 Å². The maximum Gasteiger partial charge on any atom is 0.223 e. The van der Waals surface area contributed by atoms with E-state index in [-0.39, 0.29) is 6.04 Å². The third-order valence-corrected chi connectivity index (χ3v) is 7.08. The van der Waals surface area contributed by atoms with Gasteiger partial charge in [0.25, 0.3) is 0 Å². The highest BCUT2D eigenvalue weighted by Gasteiger charge is 2.51. The highest BCUT2D eigenvalue weighted by Crippen LogP contribution is 2.56. The Kier molecular flexibility index (Phi) is 3.72. The zero-order valence-corrected chi connectivity index (χ0v) is 13.1. The van der Waals surface area contributed by atoms with Crippen LogP contribution >= 0.6 is 0 Å². The third-order valence-electron chi connectivity index (χ3n) is 7.08. The monoisotopic (exact) mass is 290 g/mol. The van der Waals surface area contributed by atoms with Gasteiger partial charge in [0.15, 0.2) is 0 Å². The molecule has 0 heterocycles. The Morgan fingerprint density at radius 3 is 2.10 bits per heavy atom. The van der Waals surface area contributed by atoms with Gasteiger partial charge in [-0.05, 0) is 74.5 Å². The third kappa shape index (κ3) is 2.52. The summed E-state index contributed by atoms with van der Waals surface area (Å²) in [6, 6.07) is 0.234. The second-order valence-electron chi connectivity index (χ2n) is 8.35. The molecule has 1 atom stereocenters. The van der Waals surface area contributed by atoms with Crippen LogP contribution in [-0.4, -0.2) is 18.5 Å². The minimum absolute atomic E-state index is 0.234. The van der Waals surface area contributed by atoms with E-state index in [2.05, 4.69) is 5.32 Å². The molecule has 1 unspecified atom stereocenters. The van der Waals surface area contributed by atoms with Crippen molar-refractivity contribution in [2.75, 3.05) is 6.54 Å². The molecule has 4 bridgehead atoms. The molecule has 0 aliphatic heterocycles. The molecule has 0 spiro atoms. The van der Waals surface area contributed by atoms with Crippen LogP contribution < -0.4 is 11.1 Å². The Hall–Kier alpha value is -0.570. The second-order valence-corrected chi connectivity index (χ2v) is 8.35. The Labute approximate surface area is 128 Å². The van der Waals surface area contributed by atoms with Crippen molar-refractivity contribution in [3.8, 4) is 0 Å². The minimum Gasteiger partial charge on any atom is -0.352 e. The van der Waals surface area contributed by atoms with Gasteiger partial charge in [-0.15, -0.1) is 0 Å². The van der Waals surface area contributed by atoms with Crippen LogP contribution in [0.1, 0.15) is 57.8 Å². The van der Waals surface area contributed by atoms with Crippen molar-refractivity contribution >= 4 is 5.91 Å². The van der Waals surface area contributed by atoms with E-state index in [4.69, 9.17) is 5.73 Å². The molecule has 3 heteroatoms. The normalized spacial score (nSPS) is 43.2. The van der Waals surface area contributed by atoms with E-state index in [1.807, 2.05) is 0 Å². The van der Waals surface area contributed by atoms with Crippen LogP contribution in [0.3, 0.4) is 0 Å². The highest BCUT2D eigenvalue weighted by atomic mass is 16.2. The zero-order chi connectivity index (χ0) is 14.4. The average molecular weight is 290 g/mol. The summed E-state index contributed by atoms with van der Waals surface area (Å²) in [6.45, 7) is 0.615. The van der Waals surface area contributed by atoms with Crippen molar-refractivity contribution in [3.05, 3.63) is 0 Å². The number of hydrogen-bond acceptors (Lipinski definition) is 2. The van der Waals surface area contributed by atoms with Crippen LogP contribution in [0.2, 0.25) is 0 Å². The van der Waals surface area contributed by atoms with Gasteiger partial charge in [0, 0.05) is 18.5 Å². The maximum atomic E-state index is 12.9. The summed E-state index contributed by atoms with van der Waals surface area (Å²) in [6.07, 6.45) is 11.9. The molecule has 0 aromatic carbocycles. The van der Waals surface area contributed by atoms with Crippen LogP contribution in [0.4, 0.5) is 0 Å². The van der Waals surface area contributed by atoms with Crippen LogP contribution in [-0.2, 0) is 4.79 Å². The van der Waals surface area contributed by atoms with Gasteiger partial charge in [0.1, 0.15) is 0 Å². The Morgan fingerprint density at radius 2 is 1.57 bits per heavy atom. The van der Waals surface area contributed by atoms with Gasteiger partial charge in [-0.2, -0.15) is 0 Å². The van der Waals surface area contributed by atoms with Crippen molar-refractivity contribution in [2.24, 2.45) is 41.2 Å². The molecule has 5 aliphatic carbocycles. The van der Waals surface area contributed by atoms with Crippen molar-refractivity contribution in [1.29, 1.82) is 0 Å². The van der Waals surface area contributed by atoms with Crippen LogP contribution in [0.5, 0.6) is 0 Å². The first-order valence-electron chi connectivity index (χ1n) is 9.25. The maximum absolute atomic E-state index is 12.9. The summed E-state index contributed by atoms with van der Waals surface area (Å²) < 4.78 is 0. The van der Waals surface area contributed by atoms with Crippen molar-refractivity contribution < 1.29 is 4.79 Å². The number of rotatable bonds is 4. The van der Waals surface area contributed by atoms with Gasteiger partial charge in [-0.3, -0.25) is 4.79 Å². The first-order chi connectivity index (χ1) is 10.2. The Balaban J connectivity index is 1.42. The quantitative estimate of drug-likeness (QED) is 0.836. The molecular weight excluding hydrogens is 260 g/mol. The first-order valence-corrected chi connectivity index (χ1v) is 9.25. The van der Waals surface area contributed by atoms with Crippen LogP contribution in [0, 0.1) is 35.5 Å². The standard InChI is InChI=1S/C18H30N2O/c19-10-16(13-3-1-2-4-13)20-18(21)17-14-6-11-5-12(8-14)9-15(17)7-11/h11-17H,1-10,19H2,(H,20,21).